The highest BCUT2D eigenvalue weighted by Gasteiger charge is 2.31. The number of aryl methyl sites for hydroxylation is 1. The minimum Gasteiger partial charge on any atom is -0.484 e. The van der Waals surface area contributed by atoms with E-state index in [-0.39, 0.29) is 12.5 Å². The Morgan fingerprint density at radius 1 is 1.24 bits per heavy atom. The second kappa shape index (κ2) is 8.63. The standard InChI is InChI=1S/C24H23ClN6O2/c1-15-18(25)4-3-5-19(15)29-22-21(16-6-8-26-9-7-16)20(14-33-17-12-28-30(2)13-17)31-11-10-27-24(32)23(22)31/h3-9,12-13,29H,10-11,14H2,1-2H3,(H,27,32). The van der Waals surface area contributed by atoms with Crippen molar-refractivity contribution in [2.45, 2.75) is 20.1 Å². The van der Waals surface area contributed by atoms with Crippen LogP contribution in [-0.4, -0.2) is 31.8 Å². The molecular formula is C24H23ClN6O2. The third-order valence-electron chi connectivity index (χ3n) is 5.76. The first-order valence-corrected chi connectivity index (χ1v) is 11.0. The van der Waals surface area contributed by atoms with E-state index in [2.05, 4.69) is 20.7 Å². The SMILES string of the molecule is Cc1c(Cl)cccc1Nc1c(-c2ccncc2)c(COc2cnn(C)c2)n2c1C(=O)NCC2. The van der Waals surface area contributed by atoms with Crippen molar-refractivity contribution in [2.24, 2.45) is 7.05 Å². The van der Waals surface area contributed by atoms with Gasteiger partial charge in [-0.15, -0.1) is 0 Å². The van der Waals surface area contributed by atoms with Gasteiger partial charge in [0, 0.05) is 48.8 Å². The van der Waals surface area contributed by atoms with Crippen molar-refractivity contribution in [3.8, 4) is 16.9 Å². The molecule has 2 N–H and O–H groups in total. The van der Waals surface area contributed by atoms with Crippen LogP contribution in [0.25, 0.3) is 11.1 Å². The quantitative estimate of drug-likeness (QED) is 0.446. The van der Waals surface area contributed by atoms with E-state index in [9.17, 15) is 4.79 Å². The van der Waals surface area contributed by atoms with Crippen LogP contribution in [0, 0.1) is 6.92 Å². The van der Waals surface area contributed by atoms with Crippen molar-refractivity contribution in [3.63, 3.8) is 0 Å². The number of benzene rings is 1. The minimum absolute atomic E-state index is 0.133. The summed E-state index contributed by atoms with van der Waals surface area (Å²) in [6.45, 7) is 3.42. The molecule has 0 aliphatic carbocycles. The Kier molecular flexibility index (Phi) is 5.51. The van der Waals surface area contributed by atoms with E-state index in [0.717, 1.165) is 28.1 Å². The lowest BCUT2D eigenvalue weighted by molar-refractivity contribution is 0.0927. The molecule has 4 heterocycles. The number of halogens is 1. The number of nitrogens with one attached hydrogen (secondary N) is 2. The van der Waals surface area contributed by atoms with Crippen LogP contribution in [0.2, 0.25) is 5.02 Å². The molecule has 0 unspecified atom stereocenters. The Labute approximate surface area is 196 Å². The lowest BCUT2D eigenvalue weighted by Crippen LogP contribution is -2.36. The number of anilines is 2. The number of aromatic nitrogens is 4. The van der Waals surface area contributed by atoms with Gasteiger partial charge in [-0.2, -0.15) is 5.10 Å². The first kappa shape index (κ1) is 21.1. The number of carbonyl (C=O) groups excluding carboxylic acids is 1. The van der Waals surface area contributed by atoms with Crippen LogP contribution in [0.4, 0.5) is 11.4 Å². The molecule has 33 heavy (non-hydrogen) atoms. The average Bonchev–Trinajstić information content (AvgIpc) is 3.37. The fourth-order valence-electron chi connectivity index (χ4n) is 4.12. The topological polar surface area (TPSA) is 86.0 Å². The molecule has 0 fully saturated rings. The van der Waals surface area contributed by atoms with Crippen LogP contribution in [0.1, 0.15) is 21.7 Å². The molecule has 3 aromatic heterocycles. The number of rotatable bonds is 6. The molecule has 1 aromatic carbocycles. The highest BCUT2D eigenvalue weighted by Crippen LogP contribution is 2.41. The Morgan fingerprint density at radius 2 is 2.06 bits per heavy atom. The van der Waals surface area contributed by atoms with Gasteiger partial charge in [0.05, 0.1) is 23.8 Å². The highest BCUT2D eigenvalue weighted by molar-refractivity contribution is 6.31. The Morgan fingerprint density at radius 3 is 2.82 bits per heavy atom. The van der Waals surface area contributed by atoms with Gasteiger partial charge in [0.1, 0.15) is 12.3 Å². The minimum atomic E-state index is -0.133. The first-order valence-electron chi connectivity index (χ1n) is 10.6. The van der Waals surface area contributed by atoms with Crippen LogP contribution in [0.5, 0.6) is 5.75 Å². The molecule has 0 atom stereocenters. The highest BCUT2D eigenvalue weighted by atomic mass is 35.5. The number of carbonyl (C=O) groups is 1. The average molecular weight is 463 g/mol. The van der Waals surface area contributed by atoms with E-state index in [1.165, 1.54) is 0 Å². The van der Waals surface area contributed by atoms with Crippen LogP contribution in [0.3, 0.4) is 0 Å². The zero-order chi connectivity index (χ0) is 22.9. The zero-order valence-corrected chi connectivity index (χ0v) is 19.1. The molecule has 1 aliphatic rings. The lowest BCUT2D eigenvalue weighted by Gasteiger charge is -2.20. The molecule has 0 spiro atoms. The summed E-state index contributed by atoms with van der Waals surface area (Å²) in [6, 6.07) is 9.56. The maximum Gasteiger partial charge on any atom is 0.270 e. The summed E-state index contributed by atoms with van der Waals surface area (Å²) in [5, 5.41) is 11.3. The maximum atomic E-state index is 13.1. The number of nitrogens with zero attached hydrogens (tertiary/aromatic N) is 4. The normalized spacial score (nSPS) is 12.9. The molecule has 0 radical (unpaired) electrons. The van der Waals surface area contributed by atoms with E-state index in [1.807, 2.05) is 55.1 Å². The maximum absolute atomic E-state index is 13.1. The van der Waals surface area contributed by atoms with Gasteiger partial charge in [-0.05, 0) is 42.3 Å². The van der Waals surface area contributed by atoms with Gasteiger partial charge in [0.2, 0.25) is 0 Å². The Hall–Kier alpha value is -3.78. The summed E-state index contributed by atoms with van der Waals surface area (Å²) in [4.78, 5) is 17.2. The van der Waals surface area contributed by atoms with E-state index in [1.54, 1.807) is 23.3 Å². The van der Waals surface area contributed by atoms with E-state index in [0.29, 0.717) is 35.2 Å². The Bertz CT molecular complexity index is 1330. The van der Waals surface area contributed by atoms with E-state index < -0.39 is 0 Å². The van der Waals surface area contributed by atoms with Gasteiger partial charge in [-0.1, -0.05) is 17.7 Å². The summed E-state index contributed by atoms with van der Waals surface area (Å²) >= 11 is 6.37. The fraction of sp³-hybridized carbons (Fsp3) is 0.208. The van der Waals surface area contributed by atoms with Crippen LogP contribution < -0.4 is 15.4 Å². The van der Waals surface area contributed by atoms with Crippen molar-refractivity contribution in [1.82, 2.24) is 24.6 Å². The molecule has 0 saturated carbocycles. The van der Waals surface area contributed by atoms with Crippen molar-refractivity contribution in [3.05, 3.63) is 77.1 Å². The molecule has 5 rings (SSSR count). The number of pyridine rings is 1. The molecule has 4 aromatic rings. The zero-order valence-electron chi connectivity index (χ0n) is 18.3. The third-order valence-corrected chi connectivity index (χ3v) is 6.17. The molecule has 1 amide bonds. The number of hydrogen-bond donors (Lipinski definition) is 2. The molecule has 9 heteroatoms. The molecule has 0 bridgehead atoms. The van der Waals surface area contributed by atoms with Gasteiger partial charge in [0.25, 0.3) is 5.91 Å². The van der Waals surface area contributed by atoms with Crippen LogP contribution >= 0.6 is 11.6 Å². The van der Waals surface area contributed by atoms with Crippen molar-refractivity contribution >= 4 is 28.9 Å². The van der Waals surface area contributed by atoms with E-state index >= 15 is 0 Å². The molecule has 8 nitrogen and oxygen atoms in total. The van der Waals surface area contributed by atoms with E-state index in [4.69, 9.17) is 16.3 Å². The largest absolute Gasteiger partial charge is 0.484 e. The number of fused-ring (bicyclic) bond motifs is 1. The first-order chi connectivity index (χ1) is 16.0. The molecular weight excluding hydrogens is 440 g/mol. The summed E-state index contributed by atoms with van der Waals surface area (Å²) < 4.78 is 9.81. The van der Waals surface area contributed by atoms with Gasteiger partial charge >= 0.3 is 0 Å². The second-order valence-corrected chi connectivity index (χ2v) is 8.27. The van der Waals surface area contributed by atoms with Crippen molar-refractivity contribution in [2.75, 3.05) is 11.9 Å². The predicted octanol–water partition coefficient (Wildman–Crippen LogP) is 4.31. The lowest BCUT2D eigenvalue weighted by atomic mass is 10.0. The summed E-state index contributed by atoms with van der Waals surface area (Å²) in [5.41, 5.74) is 5.76. The van der Waals surface area contributed by atoms with Crippen LogP contribution in [0.15, 0.2) is 55.1 Å². The Balaban J connectivity index is 1.68. The summed E-state index contributed by atoms with van der Waals surface area (Å²) in [5.74, 6) is 0.528. The van der Waals surface area contributed by atoms with Crippen LogP contribution in [-0.2, 0) is 20.2 Å². The number of amides is 1. The number of ether oxygens (including phenoxy) is 1. The smallest absolute Gasteiger partial charge is 0.270 e. The third kappa shape index (κ3) is 3.93. The van der Waals surface area contributed by atoms with Gasteiger partial charge in [-0.25, -0.2) is 0 Å². The predicted molar refractivity (Wildman–Crippen MR) is 127 cm³/mol. The van der Waals surface area contributed by atoms with Gasteiger partial charge in [-0.3, -0.25) is 14.5 Å². The summed E-state index contributed by atoms with van der Waals surface area (Å²) in [6.07, 6.45) is 6.97. The van der Waals surface area contributed by atoms with Gasteiger partial charge in [0.15, 0.2) is 5.75 Å². The van der Waals surface area contributed by atoms with Gasteiger partial charge < -0.3 is 19.9 Å². The molecule has 168 valence electrons. The molecule has 1 aliphatic heterocycles. The van der Waals surface area contributed by atoms with Crippen molar-refractivity contribution < 1.29 is 9.53 Å². The molecule has 0 saturated heterocycles. The number of hydrogen-bond acceptors (Lipinski definition) is 5. The fourth-order valence-corrected chi connectivity index (χ4v) is 4.29. The summed E-state index contributed by atoms with van der Waals surface area (Å²) in [7, 11) is 1.84. The monoisotopic (exact) mass is 462 g/mol. The van der Waals surface area contributed by atoms with Crippen molar-refractivity contribution in [1.29, 1.82) is 0 Å². The second-order valence-electron chi connectivity index (χ2n) is 7.86.